The normalized spacial score (nSPS) is 11.1. The van der Waals surface area contributed by atoms with Gasteiger partial charge in [-0.05, 0) is 70.8 Å². The van der Waals surface area contributed by atoms with Crippen molar-refractivity contribution >= 4 is 39.9 Å². The number of hydrogen-bond donors (Lipinski definition) is 2. The number of aryl methyl sites for hydroxylation is 1. The first-order valence-corrected chi connectivity index (χ1v) is 9.03. The van der Waals surface area contributed by atoms with Crippen LogP contribution < -0.4 is 10.6 Å². The molecule has 5 heteroatoms. The number of para-hydroxylation sites is 1. The molecule has 2 aromatic carbocycles. The van der Waals surface area contributed by atoms with Gasteiger partial charge in [0, 0.05) is 21.1 Å². The van der Waals surface area contributed by atoms with Crippen molar-refractivity contribution < 1.29 is 4.79 Å². The van der Waals surface area contributed by atoms with Crippen LogP contribution in [0.25, 0.3) is 0 Å². The molecule has 0 fully saturated rings. The number of halogens is 1. The van der Waals surface area contributed by atoms with E-state index in [2.05, 4.69) is 47.1 Å². The first-order chi connectivity index (χ1) is 11.9. The molecule has 1 amide bonds. The van der Waals surface area contributed by atoms with Crippen LogP contribution >= 0.6 is 22.6 Å². The largest absolute Gasteiger partial charge is 0.360 e. The Bertz CT molecular complexity index is 850. The van der Waals surface area contributed by atoms with E-state index in [0.717, 1.165) is 20.4 Å². The summed E-state index contributed by atoms with van der Waals surface area (Å²) in [6.07, 6.45) is 1.46. The van der Waals surface area contributed by atoms with Gasteiger partial charge in [0.1, 0.15) is 11.6 Å². The van der Waals surface area contributed by atoms with Crippen LogP contribution in [0.4, 0.5) is 11.4 Å². The molecule has 128 valence electrons. The standard InChI is InChI=1S/C20H20IN3O/c1-13(2)17-6-4-5-7-19(17)23-12-15(11-22)20(25)24-18-9-8-16(21)10-14(18)3/h4-10,12-13,23H,1-3H3,(H,24,25)/b15-12-. The molecule has 2 N–H and O–H groups in total. The van der Waals surface area contributed by atoms with Crippen molar-refractivity contribution in [1.29, 1.82) is 5.26 Å². The Morgan fingerprint density at radius 1 is 1.20 bits per heavy atom. The molecule has 0 bridgehead atoms. The third kappa shape index (κ3) is 5.07. The molecule has 0 saturated heterocycles. The number of carbonyl (C=O) groups excluding carboxylic acids is 1. The smallest absolute Gasteiger partial charge is 0.267 e. The minimum absolute atomic E-state index is 0.0245. The third-order valence-electron chi connectivity index (χ3n) is 3.76. The van der Waals surface area contributed by atoms with Crippen LogP contribution in [0.3, 0.4) is 0 Å². The van der Waals surface area contributed by atoms with Gasteiger partial charge >= 0.3 is 0 Å². The minimum Gasteiger partial charge on any atom is -0.360 e. The van der Waals surface area contributed by atoms with E-state index in [4.69, 9.17) is 0 Å². The number of nitriles is 1. The number of hydrogen-bond acceptors (Lipinski definition) is 3. The monoisotopic (exact) mass is 445 g/mol. The quantitative estimate of drug-likeness (QED) is 0.379. The molecule has 0 radical (unpaired) electrons. The summed E-state index contributed by atoms with van der Waals surface area (Å²) in [4.78, 5) is 12.4. The zero-order chi connectivity index (χ0) is 18.4. The van der Waals surface area contributed by atoms with Gasteiger partial charge in [0.15, 0.2) is 0 Å². The van der Waals surface area contributed by atoms with Crippen molar-refractivity contribution in [3.63, 3.8) is 0 Å². The van der Waals surface area contributed by atoms with Crippen LogP contribution in [0, 0.1) is 21.8 Å². The van der Waals surface area contributed by atoms with Gasteiger partial charge in [-0.15, -0.1) is 0 Å². The average Bonchev–Trinajstić information content (AvgIpc) is 2.58. The Morgan fingerprint density at radius 3 is 2.56 bits per heavy atom. The van der Waals surface area contributed by atoms with Crippen LogP contribution in [-0.4, -0.2) is 5.91 Å². The van der Waals surface area contributed by atoms with Gasteiger partial charge in [-0.25, -0.2) is 0 Å². The molecule has 4 nitrogen and oxygen atoms in total. The summed E-state index contributed by atoms with van der Waals surface area (Å²) in [5, 5.41) is 15.2. The molecule has 0 aliphatic heterocycles. The summed E-state index contributed by atoms with van der Waals surface area (Å²) >= 11 is 2.22. The highest BCUT2D eigenvalue weighted by molar-refractivity contribution is 14.1. The molecule has 2 rings (SSSR count). The Kier molecular flexibility index (Phi) is 6.59. The molecular weight excluding hydrogens is 425 g/mol. The second-order valence-corrected chi connectivity index (χ2v) is 7.22. The van der Waals surface area contributed by atoms with Crippen LogP contribution in [0.1, 0.15) is 30.9 Å². The summed E-state index contributed by atoms with van der Waals surface area (Å²) in [7, 11) is 0. The Labute approximate surface area is 162 Å². The molecule has 2 aromatic rings. The molecule has 0 aliphatic carbocycles. The lowest BCUT2D eigenvalue weighted by Gasteiger charge is -2.12. The SMILES string of the molecule is Cc1cc(I)ccc1NC(=O)/C(C#N)=C\Nc1ccccc1C(C)C. The van der Waals surface area contributed by atoms with Gasteiger partial charge in [-0.1, -0.05) is 32.0 Å². The predicted octanol–water partition coefficient (Wildman–Crippen LogP) is 5.18. The lowest BCUT2D eigenvalue weighted by atomic mass is 10.0. The molecule has 0 unspecified atom stereocenters. The highest BCUT2D eigenvalue weighted by atomic mass is 127. The van der Waals surface area contributed by atoms with Crippen molar-refractivity contribution in [1.82, 2.24) is 0 Å². The number of anilines is 2. The van der Waals surface area contributed by atoms with E-state index in [1.54, 1.807) is 0 Å². The zero-order valence-corrected chi connectivity index (χ0v) is 16.6. The van der Waals surface area contributed by atoms with Gasteiger partial charge in [0.05, 0.1) is 0 Å². The Balaban J connectivity index is 2.17. The topological polar surface area (TPSA) is 64.9 Å². The molecule has 0 heterocycles. The maximum atomic E-state index is 12.4. The number of nitrogens with zero attached hydrogens (tertiary/aromatic N) is 1. The van der Waals surface area contributed by atoms with Gasteiger partial charge in [-0.3, -0.25) is 4.79 Å². The Hall–Kier alpha value is -2.33. The van der Waals surface area contributed by atoms with Crippen LogP contribution in [0.2, 0.25) is 0 Å². The van der Waals surface area contributed by atoms with Crippen LogP contribution in [0.5, 0.6) is 0 Å². The lowest BCUT2D eigenvalue weighted by Crippen LogP contribution is -2.15. The number of rotatable bonds is 5. The second kappa shape index (κ2) is 8.67. The van der Waals surface area contributed by atoms with Crippen molar-refractivity contribution in [2.45, 2.75) is 26.7 Å². The highest BCUT2D eigenvalue weighted by Gasteiger charge is 2.11. The number of carbonyl (C=O) groups is 1. The van der Waals surface area contributed by atoms with Crippen LogP contribution in [0.15, 0.2) is 54.2 Å². The zero-order valence-electron chi connectivity index (χ0n) is 14.4. The van der Waals surface area contributed by atoms with Gasteiger partial charge in [0.25, 0.3) is 5.91 Å². The molecule has 25 heavy (non-hydrogen) atoms. The summed E-state index contributed by atoms with van der Waals surface area (Å²) < 4.78 is 1.09. The lowest BCUT2D eigenvalue weighted by molar-refractivity contribution is -0.112. The first kappa shape index (κ1) is 19.0. The number of benzene rings is 2. The average molecular weight is 445 g/mol. The molecule has 0 atom stereocenters. The van der Waals surface area contributed by atoms with Gasteiger partial charge in [0.2, 0.25) is 0 Å². The van der Waals surface area contributed by atoms with Crippen LogP contribution in [-0.2, 0) is 4.79 Å². The predicted molar refractivity (Wildman–Crippen MR) is 110 cm³/mol. The molecule has 0 spiro atoms. The molecular formula is C20H20IN3O. The van der Waals surface area contributed by atoms with E-state index in [0.29, 0.717) is 11.6 Å². The highest BCUT2D eigenvalue weighted by Crippen LogP contribution is 2.24. The fourth-order valence-electron chi connectivity index (χ4n) is 2.39. The summed E-state index contributed by atoms with van der Waals surface area (Å²) in [6, 6.07) is 15.5. The molecule has 0 saturated carbocycles. The van der Waals surface area contributed by atoms with E-state index >= 15 is 0 Å². The maximum absolute atomic E-state index is 12.4. The van der Waals surface area contributed by atoms with E-state index in [1.807, 2.05) is 55.5 Å². The first-order valence-electron chi connectivity index (χ1n) is 7.95. The third-order valence-corrected chi connectivity index (χ3v) is 4.43. The fraction of sp³-hybridized carbons (Fsp3) is 0.200. The summed E-state index contributed by atoms with van der Waals surface area (Å²) in [5.74, 6) is -0.0905. The number of nitrogens with one attached hydrogen (secondary N) is 2. The molecule has 0 aliphatic rings. The van der Waals surface area contributed by atoms with Crippen molar-refractivity contribution in [3.05, 3.63) is 68.9 Å². The second-order valence-electron chi connectivity index (χ2n) is 5.97. The summed E-state index contributed by atoms with van der Waals surface area (Å²) in [5.41, 5.74) is 3.70. The van der Waals surface area contributed by atoms with E-state index < -0.39 is 5.91 Å². The van der Waals surface area contributed by atoms with Gasteiger partial charge in [-0.2, -0.15) is 5.26 Å². The van der Waals surface area contributed by atoms with Gasteiger partial charge < -0.3 is 10.6 Å². The minimum atomic E-state index is -0.429. The Morgan fingerprint density at radius 2 is 1.92 bits per heavy atom. The van der Waals surface area contributed by atoms with E-state index in [1.165, 1.54) is 6.20 Å². The maximum Gasteiger partial charge on any atom is 0.267 e. The van der Waals surface area contributed by atoms with E-state index in [9.17, 15) is 10.1 Å². The van der Waals surface area contributed by atoms with E-state index in [-0.39, 0.29) is 5.57 Å². The summed E-state index contributed by atoms with van der Waals surface area (Å²) in [6.45, 7) is 6.12. The molecule has 0 aromatic heterocycles. The van der Waals surface area contributed by atoms with Crippen molar-refractivity contribution in [3.8, 4) is 6.07 Å². The van der Waals surface area contributed by atoms with Crippen molar-refractivity contribution in [2.24, 2.45) is 0 Å². The fourth-order valence-corrected chi connectivity index (χ4v) is 3.03. The number of amides is 1. The van der Waals surface area contributed by atoms with Crippen molar-refractivity contribution in [2.75, 3.05) is 10.6 Å².